The zero-order valence-electron chi connectivity index (χ0n) is 10.0. The number of alkyl halides is 1. The van der Waals surface area contributed by atoms with E-state index >= 15 is 0 Å². The van der Waals surface area contributed by atoms with Gasteiger partial charge >= 0.3 is 0 Å². The second-order valence-electron chi connectivity index (χ2n) is 4.19. The van der Waals surface area contributed by atoms with Crippen molar-refractivity contribution in [3.63, 3.8) is 0 Å². The maximum Gasteiger partial charge on any atom is 0.144 e. The number of thiophene rings is 1. The molecule has 0 aliphatic carbocycles. The van der Waals surface area contributed by atoms with Gasteiger partial charge in [0, 0.05) is 15.4 Å². The van der Waals surface area contributed by atoms with Crippen molar-refractivity contribution in [1.29, 1.82) is 0 Å². The topological polar surface area (TPSA) is 17.8 Å². The predicted octanol–water partition coefficient (Wildman–Crippen LogP) is 5.44. The van der Waals surface area contributed by atoms with Gasteiger partial charge in [-0.05, 0) is 33.4 Å². The smallest absolute Gasteiger partial charge is 0.144 e. The van der Waals surface area contributed by atoms with Crippen LogP contribution in [0.15, 0.2) is 28.1 Å². The van der Waals surface area contributed by atoms with Gasteiger partial charge in [0.05, 0.1) is 28.5 Å². The summed E-state index contributed by atoms with van der Waals surface area (Å²) in [4.78, 5) is 5.51. The van der Waals surface area contributed by atoms with Gasteiger partial charge < -0.3 is 4.57 Å². The van der Waals surface area contributed by atoms with E-state index in [0.29, 0.717) is 17.9 Å². The van der Waals surface area contributed by atoms with E-state index in [2.05, 4.69) is 20.9 Å². The third-order valence-corrected chi connectivity index (χ3v) is 5.42. The molecule has 0 unspecified atom stereocenters. The Labute approximate surface area is 137 Å². The van der Waals surface area contributed by atoms with E-state index in [1.165, 1.54) is 6.07 Å². The van der Waals surface area contributed by atoms with Crippen LogP contribution in [0.1, 0.15) is 10.7 Å². The van der Waals surface area contributed by atoms with Gasteiger partial charge in [0.2, 0.25) is 0 Å². The number of imidazole rings is 1. The Hall–Kier alpha value is -0.620. The molecular weight excluding hydrogens is 386 g/mol. The number of hydrogen-bond donors (Lipinski definition) is 0. The fourth-order valence-corrected chi connectivity index (χ4v) is 3.86. The van der Waals surface area contributed by atoms with Crippen molar-refractivity contribution in [2.24, 2.45) is 0 Å². The SMILES string of the molecule is Fc1cc2nc(CCl)n(Cc3sccc3Br)c2cc1Cl. The first kappa shape index (κ1) is 14.3. The van der Waals surface area contributed by atoms with Crippen LogP contribution in [-0.4, -0.2) is 9.55 Å². The van der Waals surface area contributed by atoms with Crippen molar-refractivity contribution in [3.05, 3.63) is 49.6 Å². The lowest BCUT2D eigenvalue weighted by atomic mass is 10.3. The number of aromatic nitrogens is 2. The summed E-state index contributed by atoms with van der Waals surface area (Å²) in [6.07, 6.45) is 0. The van der Waals surface area contributed by atoms with Gasteiger partial charge in [-0.3, -0.25) is 0 Å². The monoisotopic (exact) mass is 392 g/mol. The molecule has 0 aliphatic heterocycles. The van der Waals surface area contributed by atoms with Crippen molar-refractivity contribution < 1.29 is 4.39 Å². The van der Waals surface area contributed by atoms with Gasteiger partial charge in [0.15, 0.2) is 0 Å². The Morgan fingerprint density at radius 3 is 2.85 bits per heavy atom. The molecule has 0 saturated heterocycles. The average molecular weight is 394 g/mol. The molecule has 0 radical (unpaired) electrons. The van der Waals surface area contributed by atoms with E-state index < -0.39 is 5.82 Å². The Morgan fingerprint density at radius 1 is 1.40 bits per heavy atom. The molecule has 3 aromatic rings. The maximum atomic E-state index is 13.5. The molecule has 7 heteroatoms. The van der Waals surface area contributed by atoms with Crippen molar-refractivity contribution in [2.45, 2.75) is 12.4 Å². The first-order valence-electron chi connectivity index (χ1n) is 5.72. The second-order valence-corrected chi connectivity index (χ2v) is 6.72. The fourth-order valence-electron chi connectivity index (χ4n) is 2.03. The summed E-state index contributed by atoms with van der Waals surface area (Å²) in [5.41, 5.74) is 1.35. The van der Waals surface area contributed by atoms with Crippen LogP contribution in [0.5, 0.6) is 0 Å². The summed E-state index contributed by atoms with van der Waals surface area (Å²) < 4.78 is 16.5. The van der Waals surface area contributed by atoms with Crippen LogP contribution < -0.4 is 0 Å². The van der Waals surface area contributed by atoms with Gasteiger partial charge in [0.1, 0.15) is 11.6 Å². The van der Waals surface area contributed by atoms with E-state index in [0.717, 1.165) is 14.9 Å². The Bertz CT molecular complexity index is 784. The zero-order valence-corrected chi connectivity index (χ0v) is 14.0. The first-order valence-corrected chi connectivity index (χ1v) is 8.30. The third kappa shape index (κ3) is 2.48. The molecule has 20 heavy (non-hydrogen) atoms. The minimum atomic E-state index is -0.470. The lowest BCUT2D eigenvalue weighted by molar-refractivity contribution is 0.629. The van der Waals surface area contributed by atoms with Gasteiger partial charge in [-0.2, -0.15) is 0 Å². The van der Waals surface area contributed by atoms with Gasteiger partial charge in [-0.15, -0.1) is 22.9 Å². The van der Waals surface area contributed by atoms with E-state index in [1.54, 1.807) is 17.4 Å². The molecule has 0 amide bonds. The van der Waals surface area contributed by atoms with E-state index in [1.807, 2.05) is 16.0 Å². The van der Waals surface area contributed by atoms with E-state index in [4.69, 9.17) is 23.2 Å². The van der Waals surface area contributed by atoms with Crippen LogP contribution in [0.4, 0.5) is 4.39 Å². The molecule has 0 saturated carbocycles. The molecule has 3 rings (SSSR count). The highest BCUT2D eigenvalue weighted by Gasteiger charge is 2.14. The quantitative estimate of drug-likeness (QED) is 0.541. The summed E-state index contributed by atoms with van der Waals surface area (Å²) in [6.45, 7) is 0.624. The Kier molecular flexibility index (Phi) is 4.04. The summed E-state index contributed by atoms with van der Waals surface area (Å²) in [7, 11) is 0. The minimum Gasteiger partial charge on any atom is -0.322 e. The average Bonchev–Trinajstić information content (AvgIpc) is 2.96. The highest BCUT2D eigenvalue weighted by molar-refractivity contribution is 9.10. The van der Waals surface area contributed by atoms with Crippen molar-refractivity contribution in [2.75, 3.05) is 0 Å². The van der Waals surface area contributed by atoms with E-state index in [-0.39, 0.29) is 10.9 Å². The number of rotatable bonds is 3. The molecule has 0 fully saturated rings. The molecular formula is C13H8BrCl2FN2S. The number of nitrogens with zero attached hydrogens (tertiary/aromatic N) is 2. The summed E-state index contributed by atoms with van der Waals surface area (Å²) in [5.74, 6) is 0.488. The largest absolute Gasteiger partial charge is 0.322 e. The highest BCUT2D eigenvalue weighted by atomic mass is 79.9. The van der Waals surface area contributed by atoms with Crippen molar-refractivity contribution in [1.82, 2.24) is 9.55 Å². The Morgan fingerprint density at radius 2 is 2.20 bits per heavy atom. The highest BCUT2D eigenvalue weighted by Crippen LogP contribution is 2.28. The molecule has 0 bridgehead atoms. The number of benzene rings is 1. The molecule has 0 aliphatic rings. The van der Waals surface area contributed by atoms with Crippen LogP contribution in [0.2, 0.25) is 5.02 Å². The van der Waals surface area contributed by atoms with Crippen molar-refractivity contribution >= 4 is 61.5 Å². The lowest BCUT2D eigenvalue weighted by Gasteiger charge is -2.07. The summed E-state index contributed by atoms with van der Waals surface area (Å²) in [5, 5.41) is 2.09. The van der Waals surface area contributed by atoms with Gasteiger partial charge in [-0.1, -0.05) is 11.6 Å². The standard InChI is InChI=1S/C13H8BrCl2FN2S/c14-7-1-2-20-12(7)6-19-11-3-8(16)9(17)4-10(11)18-13(19)5-15/h1-4H,5-6H2. The molecule has 0 N–H and O–H groups in total. The molecule has 0 atom stereocenters. The number of hydrogen-bond acceptors (Lipinski definition) is 2. The Balaban J connectivity index is 2.17. The molecule has 2 heterocycles. The molecule has 0 spiro atoms. The van der Waals surface area contributed by atoms with Crippen molar-refractivity contribution in [3.8, 4) is 0 Å². The molecule has 2 nitrogen and oxygen atoms in total. The van der Waals surface area contributed by atoms with Crippen LogP contribution in [0.3, 0.4) is 0 Å². The molecule has 1 aromatic carbocycles. The molecule has 2 aromatic heterocycles. The van der Waals surface area contributed by atoms with E-state index in [9.17, 15) is 4.39 Å². The zero-order chi connectivity index (χ0) is 14.3. The normalized spacial score (nSPS) is 11.4. The second kappa shape index (κ2) is 5.64. The maximum absolute atomic E-state index is 13.5. The fraction of sp³-hybridized carbons (Fsp3) is 0.154. The minimum absolute atomic E-state index is 0.0880. The van der Waals surface area contributed by atoms with Gasteiger partial charge in [-0.25, -0.2) is 9.37 Å². The van der Waals surface area contributed by atoms with Crippen LogP contribution in [-0.2, 0) is 12.4 Å². The predicted molar refractivity (Wildman–Crippen MR) is 85.4 cm³/mol. The van der Waals surface area contributed by atoms with Gasteiger partial charge in [0.25, 0.3) is 0 Å². The lowest BCUT2D eigenvalue weighted by Crippen LogP contribution is -2.03. The van der Waals surface area contributed by atoms with Crippen LogP contribution in [0.25, 0.3) is 11.0 Å². The third-order valence-electron chi connectivity index (χ3n) is 2.98. The first-order chi connectivity index (χ1) is 9.60. The number of fused-ring (bicyclic) bond motifs is 1. The van der Waals surface area contributed by atoms with Crippen LogP contribution in [0, 0.1) is 5.82 Å². The summed E-state index contributed by atoms with van der Waals surface area (Å²) >= 11 is 17.0. The molecule has 104 valence electrons. The summed E-state index contributed by atoms with van der Waals surface area (Å²) in [6, 6.07) is 4.93. The van der Waals surface area contributed by atoms with Crippen LogP contribution >= 0.6 is 50.5 Å². The number of halogens is 4.